The number of unbranched alkanes of at least 4 members (excludes halogenated alkanes) is 1. The van der Waals surface area contributed by atoms with Gasteiger partial charge in [-0.15, -0.1) is 0 Å². The van der Waals surface area contributed by atoms with Crippen LogP contribution in [0, 0.1) is 6.92 Å². The Kier molecular flexibility index (Phi) is 4.62. The van der Waals surface area contributed by atoms with Crippen LogP contribution in [0.5, 0.6) is 11.5 Å². The molecular weight excluding hydrogens is 204 g/mol. The van der Waals surface area contributed by atoms with Crippen LogP contribution in [0.1, 0.15) is 36.5 Å². The lowest BCUT2D eigenvalue weighted by Crippen LogP contribution is -1.99. The molecule has 1 aromatic carbocycles. The first-order valence-electron chi connectivity index (χ1n) is 5.64. The van der Waals surface area contributed by atoms with Gasteiger partial charge in [-0.2, -0.15) is 0 Å². The Balaban J connectivity index is 3.20. The summed E-state index contributed by atoms with van der Waals surface area (Å²) in [6.45, 7) is 3.82. The average molecular weight is 224 g/mol. The molecule has 1 aromatic rings. The van der Waals surface area contributed by atoms with E-state index < -0.39 is 0 Å². The number of aromatic hydroxyl groups is 1. The number of aliphatic hydroxyl groups excluding tert-OH is 1. The number of hydrogen-bond acceptors (Lipinski definition) is 3. The van der Waals surface area contributed by atoms with Crippen LogP contribution in [0.25, 0.3) is 0 Å². The first-order valence-corrected chi connectivity index (χ1v) is 5.64. The minimum atomic E-state index is -0.138. The van der Waals surface area contributed by atoms with Crippen LogP contribution in [0.3, 0.4) is 0 Å². The molecule has 0 aromatic heterocycles. The lowest BCUT2D eigenvalue weighted by molar-refractivity contribution is 0.273. The highest BCUT2D eigenvalue weighted by molar-refractivity contribution is 5.53. The predicted octanol–water partition coefficient (Wildman–Crippen LogP) is 2.54. The Labute approximate surface area is 96.7 Å². The van der Waals surface area contributed by atoms with E-state index in [1.807, 2.05) is 13.0 Å². The second-order valence-corrected chi connectivity index (χ2v) is 3.96. The van der Waals surface area contributed by atoms with Crippen LogP contribution >= 0.6 is 0 Å². The Morgan fingerprint density at radius 1 is 1.31 bits per heavy atom. The molecule has 0 saturated carbocycles. The van der Waals surface area contributed by atoms with Gasteiger partial charge in [-0.25, -0.2) is 0 Å². The zero-order chi connectivity index (χ0) is 12.1. The van der Waals surface area contributed by atoms with Crippen molar-refractivity contribution in [1.29, 1.82) is 0 Å². The molecule has 90 valence electrons. The van der Waals surface area contributed by atoms with E-state index in [1.165, 1.54) is 0 Å². The van der Waals surface area contributed by atoms with E-state index in [1.54, 1.807) is 7.11 Å². The molecule has 0 aliphatic rings. The first kappa shape index (κ1) is 12.8. The molecule has 0 unspecified atom stereocenters. The van der Waals surface area contributed by atoms with E-state index in [2.05, 4.69) is 6.92 Å². The van der Waals surface area contributed by atoms with Gasteiger partial charge in [-0.3, -0.25) is 0 Å². The first-order chi connectivity index (χ1) is 7.65. The molecule has 0 amide bonds. The number of phenols is 1. The maximum atomic E-state index is 10.1. The lowest BCUT2D eigenvalue weighted by atomic mass is 9.98. The number of aryl methyl sites for hydroxylation is 1. The van der Waals surface area contributed by atoms with Crippen molar-refractivity contribution < 1.29 is 14.9 Å². The van der Waals surface area contributed by atoms with Gasteiger partial charge < -0.3 is 14.9 Å². The highest BCUT2D eigenvalue weighted by Crippen LogP contribution is 2.35. The third kappa shape index (κ3) is 2.47. The van der Waals surface area contributed by atoms with Crippen molar-refractivity contribution in [2.24, 2.45) is 0 Å². The molecule has 2 N–H and O–H groups in total. The number of hydrogen-bond donors (Lipinski definition) is 2. The Morgan fingerprint density at radius 2 is 2.00 bits per heavy atom. The fourth-order valence-corrected chi connectivity index (χ4v) is 1.83. The van der Waals surface area contributed by atoms with Crippen LogP contribution in [0.15, 0.2) is 6.07 Å². The lowest BCUT2D eigenvalue weighted by Gasteiger charge is -2.15. The SMILES string of the molecule is CCCCc1c(OC)cc(C)c(CO)c1O. The van der Waals surface area contributed by atoms with E-state index in [9.17, 15) is 10.2 Å². The van der Waals surface area contributed by atoms with Gasteiger partial charge in [-0.1, -0.05) is 13.3 Å². The summed E-state index contributed by atoms with van der Waals surface area (Å²) in [4.78, 5) is 0. The average Bonchev–Trinajstić information content (AvgIpc) is 2.28. The normalized spacial score (nSPS) is 10.5. The maximum Gasteiger partial charge on any atom is 0.128 e. The van der Waals surface area contributed by atoms with Crippen LogP contribution in [-0.4, -0.2) is 17.3 Å². The zero-order valence-corrected chi connectivity index (χ0v) is 10.2. The van der Waals surface area contributed by atoms with Gasteiger partial charge in [0.1, 0.15) is 11.5 Å². The van der Waals surface area contributed by atoms with Gasteiger partial charge in [0.2, 0.25) is 0 Å². The Morgan fingerprint density at radius 3 is 2.50 bits per heavy atom. The molecule has 3 heteroatoms. The maximum absolute atomic E-state index is 10.1. The van der Waals surface area contributed by atoms with Gasteiger partial charge >= 0.3 is 0 Å². The van der Waals surface area contributed by atoms with Crippen molar-refractivity contribution >= 4 is 0 Å². The summed E-state index contributed by atoms with van der Waals surface area (Å²) in [5, 5.41) is 19.3. The summed E-state index contributed by atoms with van der Waals surface area (Å²) in [5.41, 5.74) is 2.27. The van der Waals surface area contributed by atoms with Crippen LogP contribution < -0.4 is 4.74 Å². The third-order valence-corrected chi connectivity index (χ3v) is 2.85. The molecule has 16 heavy (non-hydrogen) atoms. The molecule has 0 saturated heterocycles. The topological polar surface area (TPSA) is 49.7 Å². The molecule has 0 aliphatic heterocycles. The van der Waals surface area contributed by atoms with E-state index in [-0.39, 0.29) is 12.4 Å². The van der Waals surface area contributed by atoms with E-state index >= 15 is 0 Å². The molecule has 0 radical (unpaired) electrons. The summed E-state index contributed by atoms with van der Waals surface area (Å²) >= 11 is 0. The Hall–Kier alpha value is -1.22. The molecule has 0 spiro atoms. The number of ether oxygens (including phenoxy) is 1. The van der Waals surface area contributed by atoms with Crippen molar-refractivity contribution in [3.63, 3.8) is 0 Å². The van der Waals surface area contributed by atoms with Crippen molar-refractivity contribution in [3.8, 4) is 11.5 Å². The highest BCUT2D eigenvalue weighted by atomic mass is 16.5. The number of methoxy groups -OCH3 is 1. The minimum absolute atomic E-state index is 0.138. The molecule has 0 heterocycles. The van der Waals surface area contributed by atoms with Crippen LogP contribution in [0.2, 0.25) is 0 Å². The quantitative estimate of drug-likeness (QED) is 0.808. The molecule has 0 bridgehead atoms. The van der Waals surface area contributed by atoms with Gasteiger partial charge in [0.15, 0.2) is 0 Å². The fraction of sp³-hybridized carbons (Fsp3) is 0.538. The van der Waals surface area contributed by atoms with E-state index in [0.717, 1.165) is 30.4 Å². The largest absolute Gasteiger partial charge is 0.507 e. The number of benzene rings is 1. The van der Waals surface area contributed by atoms with Crippen LogP contribution in [-0.2, 0) is 13.0 Å². The van der Waals surface area contributed by atoms with Gasteiger partial charge in [0.05, 0.1) is 13.7 Å². The van der Waals surface area contributed by atoms with E-state index in [0.29, 0.717) is 11.3 Å². The summed E-state index contributed by atoms with van der Waals surface area (Å²) < 4.78 is 5.26. The zero-order valence-electron chi connectivity index (χ0n) is 10.2. The smallest absolute Gasteiger partial charge is 0.128 e. The van der Waals surface area contributed by atoms with E-state index in [4.69, 9.17) is 4.74 Å². The summed E-state index contributed by atoms with van der Waals surface area (Å²) in [7, 11) is 1.60. The second-order valence-electron chi connectivity index (χ2n) is 3.96. The van der Waals surface area contributed by atoms with Crippen LogP contribution in [0.4, 0.5) is 0 Å². The van der Waals surface area contributed by atoms with Crippen molar-refractivity contribution in [3.05, 3.63) is 22.8 Å². The van der Waals surface area contributed by atoms with Gasteiger partial charge in [0.25, 0.3) is 0 Å². The summed E-state index contributed by atoms with van der Waals surface area (Å²) in [6.07, 6.45) is 2.83. The molecule has 1 rings (SSSR count). The fourth-order valence-electron chi connectivity index (χ4n) is 1.83. The van der Waals surface area contributed by atoms with Crippen molar-refractivity contribution in [2.45, 2.75) is 39.7 Å². The summed E-state index contributed by atoms with van der Waals surface area (Å²) in [6, 6.07) is 1.87. The van der Waals surface area contributed by atoms with Crippen molar-refractivity contribution in [2.75, 3.05) is 7.11 Å². The number of rotatable bonds is 5. The molecule has 0 aliphatic carbocycles. The van der Waals surface area contributed by atoms with Gasteiger partial charge in [-0.05, 0) is 31.4 Å². The highest BCUT2D eigenvalue weighted by Gasteiger charge is 2.15. The molecule has 3 nitrogen and oxygen atoms in total. The standard InChI is InChI=1S/C13H20O3/c1-4-5-6-10-12(16-3)7-9(2)11(8-14)13(10)15/h7,14-15H,4-6,8H2,1-3H3. The predicted molar refractivity (Wildman–Crippen MR) is 63.9 cm³/mol. The summed E-state index contributed by atoms with van der Waals surface area (Å²) in [5.74, 6) is 0.897. The second kappa shape index (κ2) is 5.75. The molecule has 0 fully saturated rings. The monoisotopic (exact) mass is 224 g/mol. The van der Waals surface area contributed by atoms with Gasteiger partial charge in [0, 0.05) is 11.1 Å². The number of aliphatic hydroxyl groups is 1. The minimum Gasteiger partial charge on any atom is -0.507 e. The molecule has 0 atom stereocenters. The molecular formula is C13H20O3. The van der Waals surface area contributed by atoms with Crippen molar-refractivity contribution in [1.82, 2.24) is 0 Å². The Bertz CT molecular complexity index is 359. The third-order valence-electron chi connectivity index (χ3n) is 2.85.